The SMILES string of the molecule is CC(C)(C)OC(=O)N1CCCC(NCC2CCCC(O)C2)CC1. The second-order valence-electron chi connectivity index (χ2n) is 8.19. The zero-order chi connectivity index (χ0) is 16.9. The number of carbonyl (C=O) groups is 1. The molecule has 1 aliphatic heterocycles. The van der Waals surface area contributed by atoms with Gasteiger partial charge in [0.2, 0.25) is 0 Å². The summed E-state index contributed by atoms with van der Waals surface area (Å²) < 4.78 is 5.47. The third-order valence-electron chi connectivity index (χ3n) is 4.83. The van der Waals surface area contributed by atoms with Gasteiger partial charge in [-0.2, -0.15) is 0 Å². The Hall–Kier alpha value is -0.810. The monoisotopic (exact) mass is 326 g/mol. The van der Waals surface area contributed by atoms with Crippen LogP contribution in [0.3, 0.4) is 0 Å². The predicted octanol–water partition coefficient (Wildman–Crippen LogP) is 2.92. The van der Waals surface area contributed by atoms with E-state index in [0.717, 1.165) is 58.2 Å². The normalized spacial score (nSPS) is 29.9. The van der Waals surface area contributed by atoms with Crippen molar-refractivity contribution in [3.05, 3.63) is 0 Å². The lowest BCUT2D eigenvalue weighted by molar-refractivity contribution is 0.0255. The smallest absolute Gasteiger partial charge is 0.410 e. The van der Waals surface area contributed by atoms with Gasteiger partial charge in [0.05, 0.1) is 6.10 Å². The van der Waals surface area contributed by atoms with Gasteiger partial charge in [0.1, 0.15) is 5.60 Å². The molecule has 3 unspecified atom stereocenters. The van der Waals surface area contributed by atoms with E-state index in [1.807, 2.05) is 25.7 Å². The number of ether oxygens (including phenoxy) is 1. The zero-order valence-corrected chi connectivity index (χ0v) is 15.0. The summed E-state index contributed by atoms with van der Waals surface area (Å²) in [7, 11) is 0. The standard InChI is InChI=1S/C18H34N2O3/c1-18(2,3)23-17(22)20-10-5-7-15(9-11-20)19-13-14-6-4-8-16(21)12-14/h14-16,19,21H,4-13H2,1-3H3. The molecule has 0 radical (unpaired) electrons. The average molecular weight is 326 g/mol. The van der Waals surface area contributed by atoms with Gasteiger partial charge in [0.15, 0.2) is 0 Å². The summed E-state index contributed by atoms with van der Waals surface area (Å²) in [6.45, 7) is 8.27. The number of nitrogens with one attached hydrogen (secondary N) is 1. The average Bonchev–Trinajstić information content (AvgIpc) is 2.69. The minimum absolute atomic E-state index is 0.104. The molecule has 1 aliphatic carbocycles. The molecule has 1 heterocycles. The number of aliphatic hydroxyl groups excluding tert-OH is 1. The number of amides is 1. The van der Waals surface area contributed by atoms with Gasteiger partial charge >= 0.3 is 6.09 Å². The third-order valence-corrected chi connectivity index (χ3v) is 4.83. The van der Waals surface area contributed by atoms with Crippen LogP contribution in [0, 0.1) is 5.92 Å². The summed E-state index contributed by atoms with van der Waals surface area (Å²) in [5.74, 6) is 0.601. The molecule has 2 fully saturated rings. The van der Waals surface area contributed by atoms with Gasteiger partial charge in [0.25, 0.3) is 0 Å². The fourth-order valence-electron chi connectivity index (χ4n) is 3.59. The quantitative estimate of drug-likeness (QED) is 0.837. The molecule has 1 saturated carbocycles. The summed E-state index contributed by atoms with van der Waals surface area (Å²) in [6, 6.07) is 0.474. The molecule has 0 spiro atoms. The van der Waals surface area contributed by atoms with Crippen molar-refractivity contribution in [3.63, 3.8) is 0 Å². The summed E-state index contributed by atoms with van der Waals surface area (Å²) in [4.78, 5) is 14.0. The van der Waals surface area contributed by atoms with E-state index in [0.29, 0.717) is 12.0 Å². The van der Waals surface area contributed by atoms with Crippen LogP contribution >= 0.6 is 0 Å². The maximum atomic E-state index is 12.2. The number of rotatable bonds is 3. The molecule has 2 rings (SSSR count). The molecule has 0 aromatic heterocycles. The molecule has 23 heavy (non-hydrogen) atoms. The fraction of sp³-hybridized carbons (Fsp3) is 0.944. The lowest BCUT2D eigenvalue weighted by Crippen LogP contribution is -2.39. The highest BCUT2D eigenvalue weighted by molar-refractivity contribution is 5.68. The predicted molar refractivity (Wildman–Crippen MR) is 91.4 cm³/mol. The number of hydrogen-bond acceptors (Lipinski definition) is 4. The van der Waals surface area contributed by atoms with Gasteiger partial charge in [-0.15, -0.1) is 0 Å². The van der Waals surface area contributed by atoms with E-state index in [4.69, 9.17) is 4.74 Å². The molecular formula is C18H34N2O3. The molecule has 0 bridgehead atoms. The van der Waals surface area contributed by atoms with Crippen molar-refractivity contribution < 1.29 is 14.6 Å². The maximum absolute atomic E-state index is 12.2. The minimum Gasteiger partial charge on any atom is -0.444 e. The lowest BCUT2D eigenvalue weighted by atomic mass is 9.87. The Labute approximate surface area is 140 Å². The number of likely N-dealkylation sites (tertiary alicyclic amines) is 1. The molecule has 5 nitrogen and oxygen atoms in total. The van der Waals surface area contributed by atoms with E-state index < -0.39 is 5.60 Å². The molecule has 1 saturated heterocycles. The summed E-state index contributed by atoms with van der Waals surface area (Å²) in [5.41, 5.74) is -0.428. The summed E-state index contributed by atoms with van der Waals surface area (Å²) >= 11 is 0. The molecule has 2 aliphatic rings. The number of carbonyl (C=O) groups excluding carboxylic acids is 1. The van der Waals surface area contributed by atoms with Crippen molar-refractivity contribution in [2.45, 2.75) is 83.5 Å². The van der Waals surface area contributed by atoms with Crippen LogP contribution in [0.25, 0.3) is 0 Å². The first-order chi connectivity index (χ1) is 10.8. The van der Waals surface area contributed by atoms with Crippen LogP contribution in [0.4, 0.5) is 4.79 Å². The van der Waals surface area contributed by atoms with Crippen molar-refractivity contribution >= 4 is 6.09 Å². The molecule has 2 N–H and O–H groups in total. The molecule has 3 atom stereocenters. The second-order valence-corrected chi connectivity index (χ2v) is 8.19. The molecular weight excluding hydrogens is 292 g/mol. The van der Waals surface area contributed by atoms with E-state index >= 15 is 0 Å². The highest BCUT2D eigenvalue weighted by atomic mass is 16.6. The van der Waals surface area contributed by atoms with E-state index in [1.165, 1.54) is 6.42 Å². The van der Waals surface area contributed by atoms with Crippen LogP contribution in [0.2, 0.25) is 0 Å². The van der Waals surface area contributed by atoms with Crippen molar-refractivity contribution in [2.75, 3.05) is 19.6 Å². The van der Waals surface area contributed by atoms with Gasteiger partial charge in [-0.05, 0) is 71.8 Å². The maximum Gasteiger partial charge on any atom is 0.410 e. The van der Waals surface area contributed by atoms with Crippen molar-refractivity contribution in [3.8, 4) is 0 Å². The van der Waals surface area contributed by atoms with Crippen LogP contribution in [0.15, 0.2) is 0 Å². The molecule has 0 aromatic carbocycles. The Morgan fingerprint density at radius 2 is 1.96 bits per heavy atom. The van der Waals surface area contributed by atoms with E-state index in [2.05, 4.69) is 5.32 Å². The first kappa shape index (κ1) is 18.5. The summed E-state index contributed by atoms with van der Waals surface area (Å²) in [6.07, 6.45) is 7.08. The summed E-state index contributed by atoms with van der Waals surface area (Å²) in [5, 5.41) is 13.4. The van der Waals surface area contributed by atoms with Crippen molar-refractivity contribution in [1.82, 2.24) is 10.2 Å². The molecule has 0 aromatic rings. The number of hydrogen-bond donors (Lipinski definition) is 2. The Morgan fingerprint density at radius 3 is 2.65 bits per heavy atom. The minimum atomic E-state index is -0.428. The topological polar surface area (TPSA) is 61.8 Å². The van der Waals surface area contributed by atoms with Gasteiger partial charge in [-0.25, -0.2) is 4.79 Å². The zero-order valence-electron chi connectivity index (χ0n) is 15.0. The van der Waals surface area contributed by atoms with Crippen LogP contribution in [-0.4, -0.2) is 53.5 Å². The number of nitrogens with zero attached hydrogens (tertiary/aromatic N) is 1. The molecule has 5 heteroatoms. The number of aliphatic hydroxyl groups is 1. The van der Waals surface area contributed by atoms with Crippen molar-refractivity contribution in [1.29, 1.82) is 0 Å². The Bertz CT molecular complexity index is 381. The van der Waals surface area contributed by atoms with Gasteiger partial charge in [-0.3, -0.25) is 0 Å². The van der Waals surface area contributed by atoms with Crippen LogP contribution in [0.1, 0.15) is 65.7 Å². The first-order valence-corrected chi connectivity index (χ1v) is 9.23. The van der Waals surface area contributed by atoms with Gasteiger partial charge in [0, 0.05) is 19.1 Å². The van der Waals surface area contributed by atoms with Crippen LogP contribution < -0.4 is 5.32 Å². The molecule has 134 valence electrons. The Kier molecular flexibility index (Phi) is 6.72. The van der Waals surface area contributed by atoms with E-state index in [9.17, 15) is 9.90 Å². The second kappa shape index (κ2) is 8.34. The fourth-order valence-corrected chi connectivity index (χ4v) is 3.59. The van der Waals surface area contributed by atoms with E-state index in [-0.39, 0.29) is 12.2 Å². The van der Waals surface area contributed by atoms with E-state index in [1.54, 1.807) is 0 Å². The van der Waals surface area contributed by atoms with Crippen LogP contribution in [0.5, 0.6) is 0 Å². The third kappa shape index (κ3) is 6.68. The lowest BCUT2D eigenvalue weighted by Gasteiger charge is -2.28. The Morgan fingerprint density at radius 1 is 1.17 bits per heavy atom. The van der Waals surface area contributed by atoms with Crippen LogP contribution in [-0.2, 0) is 4.74 Å². The molecule has 1 amide bonds. The van der Waals surface area contributed by atoms with Crippen molar-refractivity contribution in [2.24, 2.45) is 5.92 Å². The Balaban J connectivity index is 1.72. The highest BCUT2D eigenvalue weighted by Crippen LogP contribution is 2.24. The van der Waals surface area contributed by atoms with Gasteiger partial charge < -0.3 is 20.1 Å². The largest absolute Gasteiger partial charge is 0.444 e. The highest BCUT2D eigenvalue weighted by Gasteiger charge is 2.26. The first-order valence-electron chi connectivity index (χ1n) is 9.23. The van der Waals surface area contributed by atoms with Gasteiger partial charge in [-0.1, -0.05) is 6.42 Å².